The Morgan fingerprint density at radius 2 is 1.86 bits per heavy atom. The fraction of sp³-hybridized carbons (Fsp3) is 0.385. The van der Waals surface area contributed by atoms with Gasteiger partial charge in [-0.25, -0.2) is 0 Å². The summed E-state index contributed by atoms with van der Waals surface area (Å²) in [6.45, 7) is 9.67. The van der Waals surface area contributed by atoms with E-state index in [-0.39, 0.29) is 0 Å². The lowest BCUT2D eigenvalue weighted by atomic mass is 9.92. The van der Waals surface area contributed by atoms with Crippen LogP contribution in [0.2, 0.25) is 0 Å². The molecule has 0 saturated heterocycles. The molecule has 0 amide bonds. The van der Waals surface area contributed by atoms with Crippen LogP contribution in [0.15, 0.2) is 30.8 Å². The molecule has 0 radical (unpaired) electrons. The number of hydrogen-bond acceptors (Lipinski definition) is 1. The second-order valence-corrected chi connectivity index (χ2v) is 3.99. The summed E-state index contributed by atoms with van der Waals surface area (Å²) < 4.78 is 0. The van der Waals surface area contributed by atoms with Crippen molar-refractivity contribution in [3.63, 3.8) is 0 Å². The first-order chi connectivity index (χ1) is 6.47. The average molecular weight is 190 g/mol. The highest BCUT2D eigenvalue weighted by atomic mass is 16.3. The van der Waals surface area contributed by atoms with Crippen molar-refractivity contribution in [2.45, 2.75) is 32.8 Å². The van der Waals surface area contributed by atoms with Gasteiger partial charge in [-0.1, -0.05) is 43.3 Å². The molecule has 0 fully saturated rings. The monoisotopic (exact) mass is 190 g/mol. The summed E-state index contributed by atoms with van der Waals surface area (Å²) in [6, 6.07) is 7.94. The topological polar surface area (TPSA) is 20.2 Å². The van der Waals surface area contributed by atoms with Crippen molar-refractivity contribution in [1.29, 1.82) is 0 Å². The van der Waals surface area contributed by atoms with Crippen LogP contribution in [0.4, 0.5) is 0 Å². The second-order valence-electron chi connectivity index (χ2n) is 3.99. The van der Waals surface area contributed by atoms with Crippen LogP contribution in [-0.2, 0) is 5.60 Å². The molecule has 14 heavy (non-hydrogen) atoms. The molecule has 0 aliphatic heterocycles. The molecule has 0 saturated carbocycles. The standard InChI is InChI=1S/C13H18O/c1-5-13(4,14)12-8-6-11(7-9-12)10(2)3/h6-9,14H,2,5H2,1,3-4H3. The maximum atomic E-state index is 10.0. The van der Waals surface area contributed by atoms with E-state index >= 15 is 0 Å². The molecule has 1 heteroatoms. The Hall–Kier alpha value is -1.08. The van der Waals surface area contributed by atoms with Gasteiger partial charge < -0.3 is 5.11 Å². The zero-order valence-electron chi connectivity index (χ0n) is 9.17. The summed E-state index contributed by atoms with van der Waals surface area (Å²) >= 11 is 0. The number of benzene rings is 1. The Morgan fingerprint density at radius 3 is 2.21 bits per heavy atom. The summed E-state index contributed by atoms with van der Waals surface area (Å²) in [5.41, 5.74) is 2.42. The highest BCUT2D eigenvalue weighted by Gasteiger charge is 2.19. The second kappa shape index (κ2) is 3.97. The van der Waals surface area contributed by atoms with Crippen molar-refractivity contribution in [3.8, 4) is 0 Å². The van der Waals surface area contributed by atoms with E-state index in [4.69, 9.17) is 0 Å². The van der Waals surface area contributed by atoms with E-state index in [9.17, 15) is 5.11 Å². The van der Waals surface area contributed by atoms with Crippen molar-refractivity contribution >= 4 is 5.57 Å². The molecule has 0 aliphatic carbocycles. The van der Waals surface area contributed by atoms with Gasteiger partial charge in [-0.05, 0) is 31.4 Å². The Balaban J connectivity index is 2.99. The van der Waals surface area contributed by atoms with E-state index < -0.39 is 5.60 Å². The van der Waals surface area contributed by atoms with Gasteiger partial charge in [-0.3, -0.25) is 0 Å². The van der Waals surface area contributed by atoms with E-state index in [0.29, 0.717) is 0 Å². The van der Waals surface area contributed by atoms with Gasteiger partial charge in [0.05, 0.1) is 5.60 Å². The Kier molecular flexibility index (Phi) is 3.12. The normalized spacial score (nSPS) is 14.9. The SMILES string of the molecule is C=C(C)c1ccc(C(C)(O)CC)cc1. The molecule has 0 aromatic heterocycles. The lowest BCUT2D eigenvalue weighted by molar-refractivity contribution is 0.0531. The van der Waals surface area contributed by atoms with Crippen molar-refractivity contribution < 1.29 is 5.11 Å². The summed E-state index contributed by atoms with van der Waals surface area (Å²) in [4.78, 5) is 0. The van der Waals surface area contributed by atoms with E-state index in [0.717, 1.165) is 23.1 Å². The quantitative estimate of drug-likeness (QED) is 0.775. The first kappa shape index (κ1) is 11.0. The van der Waals surface area contributed by atoms with Crippen molar-refractivity contribution in [2.24, 2.45) is 0 Å². The van der Waals surface area contributed by atoms with Gasteiger partial charge in [-0.15, -0.1) is 0 Å². The number of rotatable bonds is 3. The largest absolute Gasteiger partial charge is 0.385 e. The molecule has 0 aliphatic rings. The molecule has 1 rings (SSSR count). The van der Waals surface area contributed by atoms with E-state index in [1.54, 1.807) is 0 Å². The Labute approximate surface area is 86.1 Å². The zero-order chi connectivity index (χ0) is 10.8. The molecule has 0 spiro atoms. The predicted molar refractivity (Wildman–Crippen MR) is 61.0 cm³/mol. The van der Waals surface area contributed by atoms with Gasteiger partial charge in [0.1, 0.15) is 0 Å². The van der Waals surface area contributed by atoms with Crippen LogP contribution in [0, 0.1) is 0 Å². The van der Waals surface area contributed by atoms with Crippen LogP contribution < -0.4 is 0 Å². The van der Waals surface area contributed by atoms with Crippen LogP contribution in [0.25, 0.3) is 5.57 Å². The minimum atomic E-state index is -0.715. The molecule has 1 nitrogen and oxygen atoms in total. The third-order valence-corrected chi connectivity index (χ3v) is 2.69. The minimum absolute atomic E-state index is 0.715. The fourth-order valence-corrected chi connectivity index (χ4v) is 1.32. The molecule has 0 bridgehead atoms. The summed E-state index contributed by atoms with van der Waals surface area (Å²) in [5.74, 6) is 0. The van der Waals surface area contributed by atoms with Crippen LogP contribution in [0.5, 0.6) is 0 Å². The highest BCUT2D eigenvalue weighted by molar-refractivity contribution is 5.61. The van der Waals surface area contributed by atoms with Gasteiger partial charge >= 0.3 is 0 Å². The summed E-state index contributed by atoms with van der Waals surface area (Å²) in [7, 11) is 0. The molecule has 1 aromatic rings. The Bertz CT molecular complexity index is 320. The number of allylic oxidation sites excluding steroid dienone is 1. The Morgan fingerprint density at radius 1 is 1.36 bits per heavy atom. The zero-order valence-corrected chi connectivity index (χ0v) is 9.17. The van der Waals surface area contributed by atoms with Crippen LogP contribution >= 0.6 is 0 Å². The van der Waals surface area contributed by atoms with Gasteiger partial charge in [-0.2, -0.15) is 0 Å². The maximum Gasteiger partial charge on any atom is 0.0865 e. The lowest BCUT2D eigenvalue weighted by Gasteiger charge is -2.22. The van der Waals surface area contributed by atoms with E-state index in [1.165, 1.54) is 0 Å². The molecule has 1 aromatic carbocycles. The highest BCUT2D eigenvalue weighted by Crippen LogP contribution is 2.25. The molecular weight excluding hydrogens is 172 g/mol. The molecular formula is C13H18O. The summed E-state index contributed by atoms with van der Waals surface area (Å²) in [5, 5.41) is 10.0. The molecule has 1 N–H and O–H groups in total. The van der Waals surface area contributed by atoms with Crippen LogP contribution in [0.1, 0.15) is 38.3 Å². The van der Waals surface area contributed by atoms with Gasteiger partial charge in [0, 0.05) is 0 Å². The molecule has 1 atom stereocenters. The van der Waals surface area contributed by atoms with Gasteiger partial charge in [0.15, 0.2) is 0 Å². The third-order valence-electron chi connectivity index (χ3n) is 2.69. The van der Waals surface area contributed by atoms with E-state index in [1.807, 2.05) is 45.0 Å². The molecule has 0 heterocycles. The van der Waals surface area contributed by atoms with Gasteiger partial charge in [0.25, 0.3) is 0 Å². The first-order valence-corrected chi connectivity index (χ1v) is 4.96. The van der Waals surface area contributed by atoms with Crippen molar-refractivity contribution in [2.75, 3.05) is 0 Å². The first-order valence-electron chi connectivity index (χ1n) is 4.96. The average Bonchev–Trinajstić information content (AvgIpc) is 2.18. The number of hydrogen-bond donors (Lipinski definition) is 1. The fourth-order valence-electron chi connectivity index (χ4n) is 1.32. The number of aliphatic hydroxyl groups is 1. The van der Waals surface area contributed by atoms with E-state index in [2.05, 4.69) is 6.58 Å². The van der Waals surface area contributed by atoms with Crippen molar-refractivity contribution in [3.05, 3.63) is 42.0 Å². The maximum absolute atomic E-state index is 10.0. The predicted octanol–water partition coefficient (Wildman–Crippen LogP) is 3.34. The minimum Gasteiger partial charge on any atom is -0.385 e. The lowest BCUT2D eigenvalue weighted by Crippen LogP contribution is -2.19. The molecule has 76 valence electrons. The van der Waals surface area contributed by atoms with Crippen molar-refractivity contribution in [1.82, 2.24) is 0 Å². The van der Waals surface area contributed by atoms with Crippen LogP contribution in [0.3, 0.4) is 0 Å². The van der Waals surface area contributed by atoms with Gasteiger partial charge in [0.2, 0.25) is 0 Å². The van der Waals surface area contributed by atoms with Crippen LogP contribution in [-0.4, -0.2) is 5.11 Å². The third kappa shape index (κ3) is 2.24. The smallest absolute Gasteiger partial charge is 0.0865 e. The summed E-state index contributed by atoms with van der Waals surface area (Å²) in [6.07, 6.45) is 0.722. The molecule has 1 unspecified atom stereocenters.